The van der Waals surface area contributed by atoms with Gasteiger partial charge in [0.2, 0.25) is 0 Å². The van der Waals surface area contributed by atoms with Crippen LogP contribution in [-0.2, 0) is 6.54 Å². The molecule has 1 aliphatic rings. The van der Waals surface area contributed by atoms with Gasteiger partial charge in [-0.15, -0.1) is 0 Å². The first-order valence-electron chi connectivity index (χ1n) is 8.21. The van der Waals surface area contributed by atoms with Gasteiger partial charge in [0.25, 0.3) is 0 Å². The van der Waals surface area contributed by atoms with Crippen LogP contribution in [0.5, 0.6) is 17.2 Å². The number of nitrogen functional groups attached to an aromatic ring is 1. The van der Waals surface area contributed by atoms with Crippen LogP contribution in [0.1, 0.15) is 24.8 Å². The fourth-order valence-electron chi connectivity index (χ4n) is 2.92. The zero-order chi connectivity index (χ0) is 17.4. The highest BCUT2D eigenvalue weighted by atomic mass is 16.5. The van der Waals surface area contributed by atoms with Gasteiger partial charge in [-0.05, 0) is 24.8 Å². The van der Waals surface area contributed by atoms with Crippen molar-refractivity contribution < 1.29 is 14.9 Å². The van der Waals surface area contributed by atoms with Gasteiger partial charge in [0.05, 0.1) is 19.5 Å². The highest BCUT2D eigenvalue weighted by molar-refractivity contribution is 5.81. The molecule has 0 aliphatic heterocycles. The van der Waals surface area contributed by atoms with Crippen LogP contribution in [0.3, 0.4) is 0 Å². The van der Waals surface area contributed by atoms with Crippen LogP contribution in [0.4, 0.5) is 5.82 Å². The summed E-state index contributed by atoms with van der Waals surface area (Å²) in [5.74, 6) is 1.03. The zero-order valence-corrected chi connectivity index (χ0v) is 13.6. The second-order valence-corrected chi connectivity index (χ2v) is 6.36. The molecule has 0 bridgehead atoms. The minimum absolute atomic E-state index is 0.181. The molecule has 8 nitrogen and oxygen atoms in total. The number of rotatable bonds is 5. The van der Waals surface area contributed by atoms with Crippen molar-refractivity contribution in [2.45, 2.75) is 25.8 Å². The summed E-state index contributed by atoms with van der Waals surface area (Å²) in [5.41, 5.74) is 7.37. The molecule has 2 heterocycles. The van der Waals surface area contributed by atoms with Gasteiger partial charge in [-0.1, -0.05) is 6.42 Å². The maximum atomic E-state index is 10.2. The van der Waals surface area contributed by atoms with E-state index >= 15 is 0 Å². The highest BCUT2D eigenvalue weighted by Gasteiger charge is 2.19. The third kappa shape index (κ3) is 2.90. The lowest BCUT2D eigenvalue weighted by molar-refractivity contribution is 0.180. The molecule has 3 aromatic rings. The Morgan fingerprint density at radius 3 is 2.80 bits per heavy atom. The standard InChI is InChI=1S/C17H19N5O3/c18-16-14-17(20-8-19-16)22(9-21-14)6-11-4-12(5-13(23)15(11)24)25-7-10-2-1-3-10/h4-5,8-10,23-24H,1-3,6-7H2,(H2,18,19,20). The fraction of sp³-hybridized carbons (Fsp3) is 0.353. The summed E-state index contributed by atoms with van der Waals surface area (Å²) in [5, 5.41) is 20.2. The Morgan fingerprint density at radius 1 is 1.20 bits per heavy atom. The van der Waals surface area contributed by atoms with Crippen LogP contribution in [-0.4, -0.2) is 36.3 Å². The van der Waals surface area contributed by atoms with Crippen molar-refractivity contribution in [1.29, 1.82) is 0 Å². The van der Waals surface area contributed by atoms with E-state index in [9.17, 15) is 10.2 Å². The molecule has 0 saturated heterocycles. The molecule has 1 aliphatic carbocycles. The van der Waals surface area contributed by atoms with Gasteiger partial charge in [-0.2, -0.15) is 0 Å². The summed E-state index contributed by atoms with van der Waals surface area (Å²) in [6.45, 7) is 0.897. The van der Waals surface area contributed by atoms with Crippen molar-refractivity contribution >= 4 is 17.0 Å². The third-order valence-electron chi connectivity index (χ3n) is 4.62. The third-order valence-corrected chi connectivity index (χ3v) is 4.62. The number of ether oxygens (including phenoxy) is 1. The predicted octanol–water partition coefficient (Wildman–Crippen LogP) is 2.05. The normalized spacial score (nSPS) is 14.6. The van der Waals surface area contributed by atoms with E-state index in [1.807, 2.05) is 0 Å². The molecular formula is C17H19N5O3. The minimum Gasteiger partial charge on any atom is -0.504 e. The Hall–Kier alpha value is -3.03. The SMILES string of the molecule is Nc1ncnc2c1ncn2Cc1cc(OCC2CCC2)cc(O)c1O. The molecule has 1 saturated carbocycles. The number of aromatic hydroxyl groups is 2. The Labute approximate surface area is 143 Å². The van der Waals surface area contributed by atoms with Crippen molar-refractivity contribution in [1.82, 2.24) is 19.5 Å². The quantitative estimate of drug-likeness (QED) is 0.607. The average molecular weight is 341 g/mol. The molecule has 0 unspecified atom stereocenters. The topological polar surface area (TPSA) is 119 Å². The van der Waals surface area contributed by atoms with E-state index in [4.69, 9.17) is 10.5 Å². The van der Waals surface area contributed by atoms with Crippen molar-refractivity contribution in [3.8, 4) is 17.2 Å². The van der Waals surface area contributed by atoms with Gasteiger partial charge in [0, 0.05) is 11.6 Å². The number of fused-ring (bicyclic) bond motifs is 1. The number of nitrogens with two attached hydrogens (primary N) is 1. The van der Waals surface area contributed by atoms with Gasteiger partial charge in [-0.3, -0.25) is 0 Å². The van der Waals surface area contributed by atoms with Crippen LogP contribution in [0.25, 0.3) is 11.2 Å². The van der Waals surface area contributed by atoms with Crippen LogP contribution in [0.2, 0.25) is 0 Å². The minimum atomic E-state index is -0.209. The van der Waals surface area contributed by atoms with E-state index in [2.05, 4.69) is 15.0 Å². The molecule has 8 heteroatoms. The Bertz CT molecular complexity index is 920. The Kier molecular flexibility index (Phi) is 3.79. The van der Waals surface area contributed by atoms with E-state index in [-0.39, 0.29) is 18.0 Å². The molecule has 0 spiro atoms. The summed E-state index contributed by atoms with van der Waals surface area (Å²) in [6, 6.07) is 3.16. The van der Waals surface area contributed by atoms with Gasteiger partial charge in [0.15, 0.2) is 23.0 Å². The zero-order valence-electron chi connectivity index (χ0n) is 13.6. The number of aromatic nitrogens is 4. The fourth-order valence-corrected chi connectivity index (χ4v) is 2.92. The molecule has 0 radical (unpaired) electrons. The van der Waals surface area contributed by atoms with Gasteiger partial charge in [-0.25, -0.2) is 15.0 Å². The first-order chi connectivity index (χ1) is 12.1. The van der Waals surface area contributed by atoms with Crippen LogP contribution < -0.4 is 10.5 Å². The number of hydrogen-bond donors (Lipinski definition) is 3. The molecule has 1 fully saturated rings. The molecule has 0 atom stereocenters. The summed E-state index contributed by atoms with van der Waals surface area (Å²) >= 11 is 0. The Balaban J connectivity index is 1.61. The van der Waals surface area contributed by atoms with Crippen LogP contribution in [0, 0.1) is 5.92 Å². The van der Waals surface area contributed by atoms with E-state index in [0.717, 1.165) is 0 Å². The Morgan fingerprint density at radius 2 is 2.04 bits per heavy atom. The second-order valence-electron chi connectivity index (χ2n) is 6.36. The number of phenolic OH excluding ortho intramolecular Hbond substituents is 2. The molecule has 4 N–H and O–H groups in total. The van der Waals surface area contributed by atoms with Crippen molar-refractivity contribution in [2.75, 3.05) is 12.3 Å². The first-order valence-corrected chi connectivity index (χ1v) is 8.21. The molecule has 0 amide bonds. The van der Waals surface area contributed by atoms with Gasteiger partial charge < -0.3 is 25.3 Å². The van der Waals surface area contributed by atoms with E-state index in [1.165, 1.54) is 31.7 Å². The van der Waals surface area contributed by atoms with Crippen molar-refractivity contribution in [3.63, 3.8) is 0 Å². The van der Waals surface area contributed by atoms with Crippen LogP contribution >= 0.6 is 0 Å². The van der Waals surface area contributed by atoms with E-state index in [0.29, 0.717) is 40.8 Å². The molecule has 4 rings (SSSR count). The summed E-state index contributed by atoms with van der Waals surface area (Å²) in [7, 11) is 0. The largest absolute Gasteiger partial charge is 0.504 e. The summed E-state index contributed by atoms with van der Waals surface area (Å²) in [4.78, 5) is 12.3. The van der Waals surface area contributed by atoms with E-state index in [1.54, 1.807) is 17.0 Å². The molecule has 130 valence electrons. The smallest absolute Gasteiger partial charge is 0.165 e. The monoisotopic (exact) mass is 341 g/mol. The molecule has 2 aromatic heterocycles. The van der Waals surface area contributed by atoms with E-state index < -0.39 is 0 Å². The first kappa shape index (κ1) is 15.5. The maximum Gasteiger partial charge on any atom is 0.165 e. The number of hydrogen-bond acceptors (Lipinski definition) is 7. The molecule has 1 aromatic carbocycles. The van der Waals surface area contributed by atoms with Crippen molar-refractivity contribution in [2.24, 2.45) is 5.92 Å². The number of imidazole rings is 1. The van der Waals surface area contributed by atoms with Gasteiger partial charge >= 0.3 is 0 Å². The second kappa shape index (κ2) is 6.12. The van der Waals surface area contributed by atoms with Crippen LogP contribution in [0.15, 0.2) is 24.8 Å². The van der Waals surface area contributed by atoms with Gasteiger partial charge in [0.1, 0.15) is 17.6 Å². The maximum absolute atomic E-state index is 10.2. The van der Waals surface area contributed by atoms with Crippen molar-refractivity contribution in [3.05, 3.63) is 30.4 Å². The molecular weight excluding hydrogens is 322 g/mol. The summed E-state index contributed by atoms with van der Waals surface area (Å²) < 4.78 is 7.50. The lowest BCUT2D eigenvalue weighted by Gasteiger charge is -2.25. The number of phenols is 2. The number of nitrogens with zero attached hydrogens (tertiary/aromatic N) is 4. The lowest BCUT2D eigenvalue weighted by Crippen LogP contribution is -2.19. The average Bonchev–Trinajstić information content (AvgIpc) is 2.95. The number of anilines is 1. The molecule has 25 heavy (non-hydrogen) atoms. The predicted molar refractivity (Wildman–Crippen MR) is 91.4 cm³/mol. The lowest BCUT2D eigenvalue weighted by atomic mass is 9.86. The summed E-state index contributed by atoms with van der Waals surface area (Å²) in [6.07, 6.45) is 6.55. The number of benzene rings is 1. The highest BCUT2D eigenvalue weighted by Crippen LogP contribution is 2.35.